The molecule has 0 amide bonds. The first-order valence-corrected chi connectivity index (χ1v) is 6.14. The van der Waals surface area contributed by atoms with Gasteiger partial charge in [0, 0.05) is 19.2 Å². The molecule has 108 valence electrons. The highest BCUT2D eigenvalue weighted by Crippen LogP contribution is 2.32. The molecule has 0 saturated heterocycles. The smallest absolute Gasteiger partial charge is 0.373 e. The normalized spacial score (nSPS) is 11.8. The number of nitrogens with zero attached hydrogens (tertiary/aromatic N) is 3. The molecule has 0 aliphatic rings. The number of hydrogen-bond donors (Lipinski definition) is 1. The molecule has 0 spiro atoms. The molecule has 1 heterocycles. The first-order valence-electron chi connectivity index (χ1n) is 6.14. The lowest BCUT2D eigenvalue weighted by Crippen LogP contribution is -2.35. The third kappa shape index (κ3) is 3.97. The zero-order valence-electron chi connectivity index (χ0n) is 11.5. The lowest BCUT2D eigenvalue weighted by Gasteiger charge is -2.27. The Morgan fingerprint density at radius 1 is 1.32 bits per heavy atom. The fourth-order valence-electron chi connectivity index (χ4n) is 1.92. The molecule has 0 aromatic carbocycles. The van der Waals surface area contributed by atoms with E-state index < -0.39 is 12.7 Å². The van der Waals surface area contributed by atoms with Crippen molar-refractivity contribution in [2.24, 2.45) is 0 Å². The Bertz CT molecular complexity index is 418. The summed E-state index contributed by atoms with van der Waals surface area (Å²) in [5, 5.41) is 2.90. The van der Waals surface area contributed by atoms with Gasteiger partial charge in [-0.1, -0.05) is 13.8 Å². The van der Waals surface area contributed by atoms with E-state index in [4.69, 9.17) is 0 Å². The van der Waals surface area contributed by atoms with Crippen LogP contribution in [0.5, 0.6) is 0 Å². The number of aromatic nitrogens is 2. The Labute approximate surface area is 111 Å². The number of halogens is 3. The summed E-state index contributed by atoms with van der Waals surface area (Å²) in [5.74, 6) is 0.940. The minimum atomic E-state index is -4.25. The van der Waals surface area contributed by atoms with E-state index in [-0.39, 0.29) is 12.5 Å². The highest BCUT2D eigenvalue weighted by molar-refractivity contribution is 5.60. The zero-order valence-corrected chi connectivity index (χ0v) is 11.5. The standard InChI is InChI=1S/C12H19F3N4/c1-5-19(6-12(13,14)15)11-9(8(2)3)10(16-4)17-7-18-11/h7-8H,5-6H2,1-4H3,(H,16,17,18). The van der Waals surface area contributed by atoms with Crippen LogP contribution in [0.4, 0.5) is 24.8 Å². The third-order valence-electron chi connectivity index (χ3n) is 2.73. The maximum absolute atomic E-state index is 12.6. The summed E-state index contributed by atoms with van der Waals surface area (Å²) in [6.45, 7) is 4.72. The summed E-state index contributed by atoms with van der Waals surface area (Å²) in [7, 11) is 1.69. The molecule has 7 heteroatoms. The minimum Gasteiger partial charge on any atom is -0.373 e. The second-order valence-corrected chi connectivity index (χ2v) is 4.49. The molecule has 1 aromatic heterocycles. The van der Waals surface area contributed by atoms with Crippen molar-refractivity contribution in [3.8, 4) is 0 Å². The summed E-state index contributed by atoms with van der Waals surface area (Å²) >= 11 is 0. The van der Waals surface area contributed by atoms with Crippen LogP contribution < -0.4 is 10.2 Å². The van der Waals surface area contributed by atoms with Crippen LogP contribution in [0.2, 0.25) is 0 Å². The third-order valence-corrected chi connectivity index (χ3v) is 2.73. The van der Waals surface area contributed by atoms with Crippen molar-refractivity contribution in [1.82, 2.24) is 9.97 Å². The van der Waals surface area contributed by atoms with Crippen molar-refractivity contribution in [3.63, 3.8) is 0 Å². The van der Waals surface area contributed by atoms with Crippen molar-refractivity contribution < 1.29 is 13.2 Å². The molecule has 4 nitrogen and oxygen atoms in total. The van der Waals surface area contributed by atoms with Gasteiger partial charge < -0.3 is 10.2 Å². The van der Waals surface area contributed by atoms with Crippen LogP contribution in [0, 0.1) is 0 Å². The SMILES string of the molecule is CCN(CC(F)(F)F)c1ncnc(NC)c1C(C)C. The van der Waals surface area contributed by atoms with Gasteiger partial charge in [0.25, 0.3) is 0 Å². The van der Waals surface area contributed by atoms with Gasteiger partial charge in [-0.25, -0.2) is 9.97 Å². The topological polar surface area (TPSA) is 41.1 Å². The summed E-state index contributed by atoms with van der Waals surface area (Å²) in [5.41, 5.74) is 0.705. The summed E-state index contributed by atoms with van der Waals surface area (Å²) in [6.07, 6.45) is -2.97. The predicted molar refractivity (Wildman–Crippen MR) is 69.6 cm³/mol. The van der Waals surface area contributed by atoms with E-state index in [1.54, 1.807) is 14.0 Å². The quantitative estimate of drug-likeness (QED) is 0.897. The summed E-state index contributed by atoms with van der Waals surface area (Å²) in [4.78, 5) is 9.32. The number of nitrogens with one attached hydrogen (secondary N) is 1. The Hall–Kier alpha value is -1.53. The van der Waals surface area contributed by atoms with Crippen LogP contribution >= 0.6 is 0 Å². The average molecular weight is 276 g/mol. The molecule has 0 bridgehead atoms. The molecule has 19 heavy (non-hydrogen) atoms. The van der Waals surface area contributed by atoms with Crippen LogP contribution in [-0.2, 0) is 0 Å². The fourth-order valence-corrected chi connectivity index (χ4v) is 1.92. The molecular formula is C12H19F3N4. The van der Waals surface area contributed by atoms with Crippen molar-refractivity contribution in [2.75, 3.05) is 30.4 Å². The van der Waals surface area contributed by atoms with Gasteiger partial charge in [-0.05, 0) is 12.8 Å². The van der Waals surface area contributed by atoms with E-state index in [1.165, 1.54) is 11.2 Å². The molecule has 1 N–H and O–H groups in total. The molecule has 0 fully saturated rings. The Morgan fingerprint density at radius 2 is 1.95 bits per heavy atom. The second-order valence-electron chi connectivity index (χ2n) is 4.49. The van der Waals surface area contributed by atoms with E-state index in [2.05, 4.69) is 15.3 Å². The molecule has 0 aliphatic carbocycles. The van der Waals surface area contributed by atoms with E-state index in [0.717, 1.165) is 0 Å². The lowest BCUT2D eigenvalue weighted by molar-refractivity contribution is -0.119. The Morgan fingerprint density at radius 3 is 2.37 bits per heavy atom. The zero-order chi connectivity index (χ0) is 14.6. The lowest BCUT2D eigenvalue weighted by atomic mass is 10.0. The van der Waals surface area contributed by atoms with Gasteiger partial charge >= 0.3 is 6.18 Å². The van der Waals surface area contributed by atoms with Crippen molar-refractivity contribution in [1.29, 1.82) is 0 Å². The van der Waals surface area contributed by atoms with Gasteiger partial charge in [0.05, 0.1) is 0 Å². The largest absolute Gasteiger partial charge is 0.405 e. The highest BCUT2D eigenvalue weighted by atomic mass is 19.4. The molecule has 0 saturated carbocycles. The van der Waals surface area contributed by atoms with Crippen LogP contribution in [0.15, 0.2) is 6.33 Å². The maximum Gasteiger partial charge on any atom is 0.405 e. The van der Waals surface area contributed by atoms with Crippen LogP contribution in [0.25, 0.3) is 0 Å². The number of anilines is 2. The first-order chi connectivity index (χ1) is 8.80. The molecule has 1 rings (SSSR count). The van der Waals surface area contributed by atoms with E-state index >= 15 is 0 Å². The van der Waals surface area contributed by atoms with E-state index in [0.29, 0.717) is 17.2 Å². The molecule has 0 radical (unpaired) electrons. The van der Waals surface area contributed by atoms with E-state index in [9.17, 15) is 13.2 Å². The monoisotopic (exact) mass is 276 g/mol. The van der Waals surface area contributed by atoms with Crippen molar-refractivity contribution in [3.05, 3.63) is 11.9 Å². The fraction of sp³-hybridized carbons (Fsp3) is 0.667. The minimum absolute atomic E-state index is 0.0286. The number of rotatable bonds is 5. The van der Waals surface area contributed by atoms with Gasteiger partial charge in [0.15, 0.2) is 0 Å². The van der Waals surface area contributed by atoms with Gasteiger partial charge in [-0.15, -0.1) is 0 Å². The summed E-state index contributed by atoms with van der Waals surface area (Å²) < 4.78 is 37.8. The Balaban J connectivity index is 3.23. The molecular weight excluding hydrogens is 257 g/mol. The van der Waals surface area contributed by atoms with Crippen LogP contribution in [0.3, 0.4) is 0 Å². The molecule has 1 aromatic rings. The highest BCUT2D eigenvalue weighted by Gasteiger charge is 2.32. The second kappa shape index (κ2) is 6.08. The molecule has 0 unspecified atom stereocenters. The maximum atomic E-state index is 12.6. The average Bonchev–Trinajstić information content (AvgIpc) is 2.33. The first kappa shape index (κ1) is 15.5. The Kier molecular flexibility index (Phi) is 4.97. The van der Waals surface area contributed by atoms with Gasteiger partial charge in [-0.3, -0.25) is 0 Å². The molecule has 0 atom stereocenters. The number of hydrogen-bond acceptors (Lipinski definition) is 4. The van der Waals surface area contributed by atoms with Crippen molar-refractivity contribution >= 4 is 11.6 Å². The van der Waals surface area contributed by atoms with Crippen LogP contribution in [-0.4, -0.2) is 36.3 Å². The van der Waals surface area contributed by atoms with Gasteiger partial charge in [0.2, 0.25) is 0 Å². The van der Waals surface area contributed by atoms with Gasteiger partial charge in [-0.2, -0.15) is 13.2 Å². The van der Waals surface area contributed by atoms with Gasteiger partial charge in [0.1, 0.15) is 24.5 Å². The predicted octanol–water partition coefficient (Wildman–Crippen LogP) is 3.03. The summed E-state index contributed by atoms with van der Waals surface area (Å²) in [6, 6.07) is 0. The molecule has 0 aliphatic heterocycles. The van der Waals surface area contributed by atoms with E-state index in [1.807, 2.05) is 13.8 Å². The van der Waals surface area contributed by atoms with Crippen molar-refractivity contribution in [2.45, 2.75) is 32.9 Å². The van der Waals surface area contributed by atoms with Crippen LogP contribution in [0.1, 0.15) is 32.3 Å². The number of alkyl halides is 3.